The molecule has 0 saturated heterocycles. The fourth-order valence-electron chi connectivity index (χ4n) is 3.12. The van der Waals surface area contributed by atoms with E-state index < -0.39 is 22.5 Å². The number of hydrogen-bond donors (Lipinski definition) is 1. The van der Waals surface area contributed by atoms with Crippen LogP contribution in [0.1, 0.15) is 5.56 Å². The van der Waals surface area contributed by atoms with Gasteiger partial charge in [-0.1, -0.05) is 29.8 Å². The van der Waals surface area contributed by atoms with Gasteiger partial charge in [0.1, 0.15) is 12.3 Å². The molecule has 33 heavy (non-hydrogen) atoms. The van der Waals surface area contributed by atoms with E-state index in [0.29, 0.717) is 16.5 Å². The second-order valence-electron chi connectivity index (χ2n) is 7.50. The van der Waals surface area contributed by atoms with Gasteiger partial charge in [-0.25, -0.2) is 8.42 Å². The van der Waals surface area contributed by atoms with Crippen molar-refractivity contribution in [2.24, 2.45) is 0 Å². The summed E-state index contributed by atoms with van der Waals surface area (Å²) < 4.78 is 33.0. The van der Waals surface area contributed by atoms with Gasteiger partial charge in [-0.2, -0.15) is 0 Å². The summed E-state index contributed by atoms with van der Waals surface area (Å²) in [4.78, 5) is 14.8. The van der Waals surface area contributed by atoms with Crippen molar-refractivity contribution < 1.29 is 17.9 Å². The van der Waals surface area contributed by atoms with Crippen LogP contribution in [0, 0.1) is 0 Å². The molecule has 0 radical (unpaired) electrons. The number of sulfonamides is 1. The molecule has 0 bridgehead atoms. The van der Waals surface area contributed by atoms with Crippen LogP contribution in [0.4, 0.5) is 11.4 Å². The molecule has 0 aliphatic heterocycles. The van der Waals surface area contributed by atoms with E-state index in [4.69, 9.17) is 16.3 Å². The summed E-state index contributed by atoms with van der Waals surface area (Å²) in [5, 5.41) is 3.16. The van der Waals surface area contributed by atoms with E-state index in [1.807, 2.05) is 43.3 Å². The van der Waals surface area contributed by atoms with Crippen molar-refractivity contribution in [2.45, 2.75) is 11.4 Å². The van der Waals surface area contributed by atoms with Crippen LogP contribution >= 0.6 is 11.6 Å². The molecule has 174 valence electrons. The smallest absolute Gasteiger partial charge is 0.264 e. The van der Waals surface area contributed by atoms with Crippen molar-refractivity contribution in [1.82, 2.24) is 5.32 Å². The van der Waals surface area contributed by atoms with Gasteiger partial charge >= 0.3 is 0 Å². The van der Waals surface area contributed by atoms with Gasteiger partial charge in [0.2, 0.25) is 5.91 Å². The largest absolute Gasteiger partial charge is 0.497 e. The summed E-state index contributed by atoms with van der Waals surface area (Å²) in [5.41, 5.74) is 2.24. The number of ether oxygens (including phenoxy) is 1. The number of anilines is 2. The van der Waals surface area contributed by atoms with Gasteiger partial charge in [0, 0.05) is 31.4 Å². The Balaban J connectivity index is 1.81. The minimum Gasteiger partial charge on any atom is -0.497 e. The summed E-state index contributed by atoms with van der Waals surface area (Å²) in [7, 11) is 1.36. The predicted octanol–water partition coefficient (Wildman–Crippen LogP) is 3.93. The van der Waals surface area contributed by atoms with Gasteiger partial charge in [-0.3, -0.25) is 9.10 Å². The molecular formula is C24H26ClN3O4S. The van der Waals surface area contributed by atoms with E-state index in [2.05, 4.69) is 5.32 Å². The van der Waals surface area contributed by atoms with Crippen LogP contribution in [0.25, 0.3) is 0 Å². The Hall–Kier alpha value is -3.23. The maximum absolute atomic E-state index is 13.4. The molecule has 3 aromatic carbocycles. The Kier molecular flexibility index (Phi) is 7.84. The number of carbonyl (C=O) groups excluding carboxylic acids is 1. The minimum absolute atomic E-state index is 0.0374. The lowest BCUT2D eigenvalue weighted by Gasteiger charge is -2.24. The number of benzene rings is 3. The van der Waals surface area contributed by atoms with Crippen LogP contribution in [0.3, 0.4) is 0 Å². The van der Waals surface area contributed by atoms with E-state index in [-0.39, 0.29) is 11.4 Å². The number of nitrogens with zero attached hydrogens (tertiary/aromatic N) is 2. The van der Waals surface area contributed by atoms with Crippen molar-refractivity contribution in [1.29, 1.82) is 0 Å². The second-order valence-corrected chi connectivity index (χ2v) is 9.80. The van der Waals surface area contributed by atoms with Crippen molar-refractivity contribution >= 4 is 38.9 Å². The second kappa shape index (κ2) is 10.6. The molecule has 0 heterocycles. The average molecular weight is 488 g/mol. The van der Waals surface area contributed by atoms with Crippen molar-refractivity contribution in [2.75, 3.05) is 37.0 Å². The van der Waals surface area contributed by atoms with Crippen molar-refractivity contribution in [3.63, 3.8) is 0 Å². The van der Waals surface area contributed by atoms with E-state index in [1.54, 1.807) is 30.3 Å². The van der Waals surface area contributed by atoms with Crippen LogP contribution in [0.5, 0.6) is 5.75 Å². The lowest BCUT2D eigenvalue weighted by Crippen LogP contribution is -2.40. The summed E-state index contributed by atoms with van der Waals surface area (Å²) >= 11 is 6.10. The zero-order valence-corrected chi connectivity index (χ0v) is 20.2. The van der Waals surface area contributed by atoms with Crippen LogP contribution in [0.2, 0.25) is 5.02 Å². The third kappa shape index (κ3) is 6.18. The first-order valence-corrected chi connectivity index (χ1v) is 12.0. The molecule has 7 nitrogen and oxygen atoms in total. The minimum atomic E-state index is -4.04. The van der Waals surface area contributed by atoms with Gasteiger partial charge in [0.25, 0.3) is 10.0 Å². The monoisotopic (exact) mass is 487 g/mol. The highest BCUT2D eigenvalue weighted by molar-refractivity contribution is 7.92. The quantitative estimate of drug-likeness (QED) is 0.495. The van der Waals surface area contributed by atoms with E-state index in [1.165, 1.54) is 25.3 Å². The van der Waals surface area contributed by atoms with Gasteiger partial charge in [0.05, 0.1) is 17.7 Å². The third-order valence-corrected chi connectivity index (χ3v) is 7.00. The number of hydrogen-bond acceptors (Lipinski definition) is 5. The van der Waals surface area contributed by atoms with Gasteiger partial charge < -0.3 is 15.0 Å². The highest BCUT2D eigenvalue weighted by atomic mass is 35.5. The molecule has 1 N–H and O–H groups in total. The van der Waals surface area contributed by atoms with Crippen molar-refractivity contribution in [3.8, 4) is 5.75 Å². The Labute approximate surface area is 199 Å². The summed E-state index contributed by atoms with van der Waals surface area (Å²) in [6, 6.07) is 20.1. The molecule has 0 unspecified atom stereocenters. The molecule has 3 rings (SSSR count). The van der Waals surface area contributed by atoms with Crippen LogP contribution in [-0.4, -0.2) is 42.1 Å². The van der Waals surface area contributed by atoms with Gasteiger partial charge in [-0.15, -0.1) is 0 Å². The first-order chi connectivity index (χ1) is 15.7. The Bertz CT molecular complexity index is 1200. The lowest BCUT2D eigenvalue weighted by atomic mass is 10.2. The zero-order chi connectivity index (χ0) is 24.0. The Morgan fingerprint density at radius 1 is 0.970 bits per heavy atom. The Morgan fingerprint density at radius 2 is 1.64 bits per heavy atom. The van der Waals surface area contributed by atoms with Gasteiger partial charge in [0.15, 0.2) is 0 Å². The molecule has 0 fully saturated rings. The van der Waals surface area contributed by atoms with E-state index in [9.17, 15) is 13.2 Å². The van der Waals surface area contributed by atoms with Crippen molar-refractivity contribution in [3.05, 3.63) is 83.4 Å². The fourth-order valence-corrected chi connectivity index (χ4v) is 4.72. The summed E-state index contributed by atoms with van der Waals surface area (Å²) in [6.07, 6.45) is 0. The maximum Gasteiger partial charge on any atom is 0.264 e. The molecule has 0 aliphatic carbocycles. The zero-order valence-electron chi connectivity index (χ0n) is 18.7. The molecule has 9 heteroatoms. The van der Waals surface area contributed by atoms with E-state index >= 15 is 0 Å². The average Bonchev–Trinajstić information content (AvgIpc) is 2.81. The maximum atomic E-state index is 13.4. The molecule has 1 amide bonds. The molecule has 0 spiro atoms. The normalized spacial score (nSPS) is 11.0. The predicted molar refractivity (Wildman–Crippen MR) is 132 cm³/mol. The molecule has 0 aliphatic rings. The summed E-state index contributed by atoms with van der Waals surface area (Å²) in [5.74, 6) is 0.0880. The number of carbonyl (C=O) groups is 1. The molecule has 0 aromatic heterocycles. The number of methoxy groups -OCH3 is 1. The molecule has 0 atom stereocenters. The lowest BCUT2D eigenvalue weighted by molar-refractivity contribution is -0.119. The molecule has 3 aromatic rings. The SMILES string of the molecule is COc1ccc(S(=O)(=O)N(CC(=O)NCc2ccc(N(C)C)cc2)c2cccc(Cl)c2)cc1. The third-order valence-electron chi connectivity index (χ3n) is 4.97. The fraction of sp³-hybridized carbons (Fsp3) is 0.208. The summed E-state index contributed by atoms with van der Waals surface area (Å²) in [6.45, 7) is -0.122. The molecular weight excluding hydrogens is 462 g/mol. The van der Waals surface area contributed by atoms with Crippen LogP contribution in [0.15, 0.2) is 77.7 Å². The number of nitrogens with one attached hydrogen (secondary N) is 1. The molecule has 0 saturated carbocycles. The number of halogens is 1. The highest BCUT2D eigenvalue weighted by Crippen LogP contribution is 2.27. The first-order valence-electron chi connectivity index (χ1n) is 10.2. The van der Waals surface area contributed by atoms with E-state index in [0.717, 1.165) is 15.6 Å². The first kappa shape index (κ1) is 24.4. The van der Waals surface area contributed by atoms with Crippen LogP contribution < -0.4 is 19.3 Å². The Morgan fingerprint density at radius 3 is 2.21 bits per heavy atom. The highest BCUT2D eigenvalue weighted by Gasteiger charge is 2.27. The standard InChI is InChI=1S/C24H26ClN3O4S/c1-27(2)20-9-7-18(8-10-20)16-26-24(29)17-28(21-6-4-5-19(25)15-21)33(30,31)23-13-11-22(32-3)12-14-23/h4-15H,16-17H2,1-3H3,(H,26,29). The topological polar surface area (TPSA) is 79.0 Å². The number of rotatable bonds is 9. The van der Waals surface area contributed by atoms with Crippen LogP contribution in [-0.2, 0) is 21.4 Å². The number of amides is 1. The van der Waals surface area contributed by atoms with Gasteiger partial charge in [-0.05, 0) is 60.2 Å².